The Balaban J connectivity index is 2.76. The van der Waals surface area contributed by atoms with E-state index in [1.165, 1.54) is 18.1 Å². The van der Waals surface area contributed by atoms with Crippen molar-refractivity contribution in [1.82, 2.24) is 9.97 Å². The molecule has 0 saturated heterocycles. The van der Waals surface area contributed by atoms with Crippen molar-refractivity contribution < 1.29 is 5.11 Å². The van der Waals surface area contributed by atoms with Gasteiger partial charge in [-0.1, -0.05) is 6.92 Å². The van der Waals surface area contributed by atoms with Gasteiger partial charge in [0.1, 0.15) is 10.7 Å². The van der Waals surface area contributed by atoms with Crippen molar-refractivity contribution in [2.24, 2.45) is 0 Å². The lowest BCUT2D eigenvalue weighted by Crippen LogP contribution is -2.14. The van der Waals surface area contributed by atoms with Gasteiger partial charge in [-0.2, -0.15) is 0 Å². The van der Waals surface area contributed by atoms with E-state index in [1.807, 2.05) is 6.92 Å². The molecule has 4 N–H and O–H groups in total. The number of aromatic nitrogens is 2. The zero-order chi connectivity index (χ0) is 10.6. The van der Waals surface area contributed by atoms with Crippen LogP contribution in [-0.2, 0) is 0 Å². The average molecular weight is 215 g/mol. The molecule has 0 amide bonds. The highest BCUT2D eigenvalue weighted by Gasteiger charge is 2.09. The summed E-state index contributed by atoms with van der Waals surface area (Å²) in [5.74, 6) is 0. The highest BCUT2D eigenvalue weighted by molar-refractivity contribution is 8.00. The number of thioether (sulfide) groups is 1. The molecule has 0 spiro atoms. The van der Waals surface area contributed by atoms with Crippen LogP contribution in [0.5, 0.6) is 0 Å². The van der Waals surface area contributed by atoms with Gasteiger partial charge >= 0.3 is 0 Å². The molecular formula is C8H13N3O2S. The molecule has 1 heterocycles. The second-order valence-electron chi connectivity index (χ2n) is 2.89. The molecule has 1 aromatic heterocycles. The summed E-state index contributed by atoms with van der Waals surface area (Å²) in [4.78, 5) is 17.4. The summed E-state index contributed by atoms with van der Waals surface area (Å²) in [5, 5.41) is 9.42. The Morgan fingerprint density at radius 3 is 3.14 bits per heavy atom. The fourth-order valence-corrected chi connectivity index (χ4v) is 1.86. The van der Waals surface area contributed by atoms with Gasteiger partial charge in [-0.25, -0.2) is 4.98 Å². The van der Waals surface area contributed by atoms with E-state index < -0.39 is 0 Å². The Kier molecular flexibility index (Phi) is 3.97. The first-order valence-corrected chi connectivity index (χ1v) is 5.13. The fourth-order valence-electron chi connectivity index (χ4n) is 0.919. The number of hydrogen-bond acceptors (Lipinski definition) is 5. The van der Waals surface area contributed by atoms with Crippen LogP contribution in [0.15, 0.2) is 16.1 Å². The number of aliphatic hydroxyl groups excluding tert-OH is 1. The second kappa shape index (κ2) is 5.02. The minimum Gasteiger partial charge on any atom is -0.396 e. The predicted octanol–water partition coefficient (Wildman–Crippen LogP) is 0.215. The molecule has 0 aromatic carbocycles. The number of nitrogens with two attached hydrogens (primary N) is 1. The van der Waals surface area contributed by atoms with E-state index in [2.05, 4.69) is 9.97 Å². The first kappa shape index (κ1) is 11.1. The molecule has 1 unspecified atom stereocenters. The number of nitrogen functional groups attached to an aromatic ring is 1. The molecule has 78 valence electrons. The van der Waals surface area contributed by atoms with Crippen LogP contribution in [0, 0.1) is 0 Å². The lowest BCUT2D eigenvalue weighted by molar-refractivity contribution is 0.289. The van der Waals surface area contributed by atoms with Crippen molar-refractivity contribution in [3.8, 4) is 0 Å². The normalized spacial score (nSPS) is 12.7. The Bertz CT molecular complexity index is 353. The van der Waals surface area contributed by atoms with Gasteiger partial charge in [-0.15, -0.1) is 11.8 Å². The number of nitrogens with one attached hydrogen (secondary N) is 1. The van der Waals surface area contributed by atoms with Gasteiger partial charge in [-0.05, 0) is 6.42 Å². The molecule has 14 heavy (non-hydrogen) atoms. The summed E-state index contributed by atoms with van der Waals surface area (Å²) in [5.41, 5.74) is 5.36. The Hall–Kier alpha value is -1.01. The van der Waals surface area contributed by atoms with E-state index in [1.54, 1.807) is 0 Å². The van der Waals surface area contributed by atoms with Crippen molar-refractivity contribution in [2.75, 3.05) is 12.3 Å². The minimum atomic E-state index is -0.321. The monoisotopic (exact) mass is 215 g/mol. The van der Waals surface area contributed by atoms with Crippen LogP contribution in [0.2, 0.25) is 0 Å². The molecule has 6 heteroatoms. The van der Waals surface area contributed by atoms with E-state index in [-0.39, 0.29) is 23.1 Å². The molecule has 1 atom stereocenters. The molecule has 0 bridgehead atoms. The van der Waals surface area contributed by atoms with E-state index in [9.17, 15) is 4.79 Å². The largest absolute Gasteiger partial charge is 0.396 e. The maximum absolute atomic E-state index is 11.1. The van der Waals surface area contributed by atoms with E-state index in [4.69, 9.17) is 10.8 Å². The average Bonchev–Trinajstić information content (AvgIpc) is 2.13. The van der Waals surface area contributed by atoms with Crippen molar-refractivity contribution >= 4 is 17.4 Å². The zero-order valence-electron chi connectivity index (χ0n) is 7.86. The predicted molar refractivity (Wildman–Crippen MR) is 56.3 cm³/mol. The fraction of sp³-hybridized carbons (Fsp3) is 0.500. The highest BCUT2D eigenvalue weighted by atomic mass is 32.2. The molecule has 5 nitrogen and oxygen atoms in total. The first-order chi connectivity index (χ1) is 6.65. The number of aromatic amines is 1. The topological polar surface area (TPSA) is 92.0 Å². The maximum Gasteiger partial charge on any atom is 0.275 e. The molecule has 0 aliphatic rings. The van der Waals surface area contributed by atoms with Crippen molar-refractivity contribution in [3.05, 3.63) is 16.7 Å². The number of H-pyrrole nitrogens is 1. The summed E-state index contributed by atoms with van der Waals surface area (Å²) >= 11 is 1.39. The maximum atomic E-state index is 11.1. The first-order valence-electron chi connectivity index (χ1n) is 4.25. The van der Waals surface area contributed by atoms with Crippen LogP contribution in [0.4, 0.5) is 5.69 Å². The van der Waals surface area contributed by atoms with E-state index in [0.29, 0.717) is 11.4 Å². The second-order valence-corrected chi connectivity index (χ2v) is 4.32. The molecule has 0 saturated carbocycles. The van der Waals surface area contributed by atoms with Gasteiger partial charge < -0.3 is 15.8 Å². The van der Waals surface area contributed by atoms with Crippen LogP contribution in [0.1, 0.15) is 13.3 Å². The SMILES string of the molecule is CC(CCO)Sc1nc[nH]c(=O)c1N. The molecule has 1 aromatic rings. The van der Waals surface area contributed by atoms with E-state index >= 15 is 0 Å². The minimum absolute atomic E-state index is 0.122. The quantitative estimate of drug-likeness (QED) is 0.493. The Morgan fingerprint density at radius 2 is 2.50 bits per heavy atom. The zero-order valence-corrected chi connectivity index (χ0v) is 8.67. The molecular weight excluding hydrogens is 202 g/mol. The number of anilines is 1. The summed E-state index contributed by atoms with van der Waals surface area (Å²) < 4.78 is 0. The summed E-state index contributed by atoms with van der Waals surface area (Å²) in [6.07, 6.45) is 1.98. The molecule has 0 aliphatic carbocycles. The highest BCUT2D eigenvalue weighted by Crippen LogP contribution is 2.25. The number of nitrogens with zero attached hydrogens (tertiary/aromatic N) is 1. The number of hydrogen-bond donors (Lipinski definition) is 3. The van der Waals surface area contributed by atoms with Gasteiger partial charge in [-0.3, -0.25) is 4.79 Å². The number of rotatable bonds is 4. The summed E-state index contributed by atoms with van der Waals surface area (Å²) in [6, 6.07) is 0. The molecule has 1 rings (SSSR count). The molecule has 0 fully saturated rings. The summed E-state index contributed by atoms with van der Waals surface area (Å²) in [7, 11) is 0. The van der Waals surface area contributed by atoms with Gasteiger partial charge in [0.15, 0.2) is 0 Å². The number of aliphatic hydroxyl groups is 1. The van der Waals surface area contributed by atoms with Gasteiger partial charge in [0.05, 0.1) is 6.33 Å². The van der Waals surface area contributed by atoms with Crippen molar-refractivity contribution in [3.63, 3.8) is 0 Å². The van der Waals surface area contributed by atoms with Crippen molar-refractivity contribution in [1.29, 1.82) is 0 Å². The van der Waals surface area contributed by atoms with E-state index in [0.717, 1.165) is 0 Å². The Labute approximate surface area is 85.7 Å². The van der Waals surface area contributed by atoms with Crippen LogP contribution in [-0.4, -0.2) is 26.9 Å². The van der Waals surface area contributed by atoms with Crippen LogP contribution < -0.4 is 11.3 Å². The van der Waals surface area contributed by atoms with Gasteiger partial charge in [0, 0.05) is 11.9 Å². The van der Waals surface area contributed by atoms with Crippen LogP contribution in [0.25, 0.3) is 0 Å². The van der Waals surface area contributed by atoms with Crippen LogP contribution in [0.3, 0.4) is 0 Å². The lowest BCUT2D eigenvalue weighted by Gasteiger charge is -2.08. The standard InChI is InChI=1S/C8H13N3O2S/c1-5(2-3-12)14-8-6(9)7(13)10-4-11-8/h4-5,12H,2-3,9H2,1H3,(H,10,11,13). The van der Waals surface area contributed by atoms with Gasteiger partial charge in [0.2, 0.25) is 0 Å². The molecule has 0 radical (unpaired) electrons. The molecule has 0 aliphatic heterocycles. The van der Waals surface area contributed by atoms with Gasteiger partial charge in [0.25, 0.3) is 5.56 Å². The van der Waals surface area contributed by atoms with Crippen LogP contribution >= 0.6 is 11.8 Å². The lowest BCUT2D eigenvalue weighted by atomic mass is 10.3. The third-order valence-corrected chi connectivity index (χ3v) is 2.89. The smallest absolute Gasteiger partial charge is 0.275 e. The summed E-state index contributed by atoms with van der Waals surface area (Å²) in [6.45, 7) is 2.07. The third-order valence-electron chi connectivity index (χ3n) is 1.70. The third kappa shape index (κ3) is 2.74. The van der Waals surface area contributed by atoms with Crippen molar-refractivity contribution in [2.45, 2.75) is 23.6 Å². The Morgan fingerprint density at radius 1 is 1.79 bits per heavy atom.